The summed E-state index contributed by atoms with van der Waals surface area (Å²) in [5.41, 5.74) is 7.58. The number of fused-ring (bicyclic) bond motifs is 1. The van der Waals surface area contributed by atoms with Crippen LogP contribution in [-0.2, 0) is 6.61 Å². The standard InChI is InChI=1S/C14H10BrFN2O2/c15-10-3-2-9(6-11(10)16)19-7-14-18-12-4-1-8(17)5-13(12)20-14/h1-6H,7,17H2. The first-order valence-corrected chi connectivity index (χ1v) is 6.64. The minimum absolute atomic E-state index is 0.121. The lowest BCUT2D eigenvalue weighted by molar-refractivity contribution is 0.266. The Bertz CT molecular complexity index is 773. The van der Waals surface area contributed by atoms with Gasteiger partial charge in [0.05, 0.1) is 4.47 Å². The molecule has 0 saturated carbocycles. The van der Waals surface area contributed by atoms with Gasteiger partial charge in [0.15, 0.2) is 12.2 Å². The maximum Gasteiger partial charge on any atom is 0.233 e. The van der Waals surface area contributed by atoms with E-state index in [1.54, 1.807) is 30.3 Å². The van der Waals surface area contributed by atoms with Crippen molar-refractivity contribution in [1.29, 1.82) is 0 Å². The second kappa shape index (κ2) is 5.13. The Hall–Kier alpha value is -2.08. The van der Waals surface area contributed by atoms with E-state index < -0.39 is 0 Å². The average Bonchev–Trinajstić information content (AvgIpc) is 2.82. The largest absolute Gasteiger partial charge is 0.484 e. The Morgan fingerprint density at radius 2 is 2.10 bits per heavy atom. The predicted molar refractivity (Wildman–Crippen MR) is 76.9 cm³/mol. The smallest absolute Gasteiger partial charge is 0.233 e. The Morgan fingerprint density at radius 1 is 1.25 bits per heavy atom. The first kappa shape index (κ1) is 12.9. The van der Waals surface area contributed by atoms with Crippen LogP contribution in [0.2, 0.25) is 0 Å². The molecule has 0 aliphatic heterocycles. The molecule has 0 atom stereocenters. The van der Waals surface area contributed by atoms with E-state index in [-0.39, 0.29) is 12.4 Å². The lowest BCUT2D eigenvalue weighted by Crippen LogP contribution is -1.95. The highest BCUT2D eigenvalue weighted by atomic mass is 79.9. The number of rotatable bonds is 3. The lowest BCUT2D eigenvalue weighted by atomic mass is 10.3. The topological polar surface area (TPSA) is 61.3 Å². The summed E-state index contributed by atoms with van der Waals surface area (Å²) in [5.74, 6) is 0.439. The second-order valence-electron chi connectivity index (χ2n) is 4.20. The van der Waals surface area contributed by atoms with Gasteiger partial charge in [-0.1, -0.05) is 0 Å². The molecule has 3 aromatic rings. The molecule has 0 bridgehead atoms. The summed E-state index contributed by atoms with van der Waals surface area (Å²) in [6.07, 6.45) is 0. The number of hydrogen-bond donors (Lipinski definition) is 1. The monoisotopic (exact) mass is 336 g/mol. The molecule has 0 aliphatic carbocycles. The zero-order chi connectivity index (χ0) is 14.1. The van der Waals surface area contributed by atoms with Crippen molar-refractivity contribution in [2.45, 2.75) is 6.61 Å². The summed E-state index contributed by atoms with van der Waals surface area (Å²) in [5, 5.41) is 0. The SMILES string of the molecule is Nc1ccc2nc(COc3ccc(Br)c(F)c3)oc2c1. The molecule has 0 fully saturated rings. The number of halogens is 2. The minimum Gasteiger partial charge on any atom is -0.484 e. The molecular weight excluding hydrogens is 327 g/mol. The van der Waals surface area contributed by atoms with Crippen LogP contribution in [0, 0.1) is 5.82 Å². The van der Waals surface area contributed by atoms with Gasteiger partial charge in [0.1, 0.15) is 17.1 Å². The number of ether oxygens (including phenoxy) is 1. The van der Waals surface area contributed by atoms with Gasteiger partial charge < -0.3 is 14.9 Å². The Labute approximate surface area is 122 Å². The summed E-state index contributed by atoms with van der Waals surface area (Å²) >= 11 is 3.08. The van der Waals surface area contributed by atoms with Crippen LogP contribution >= 0.6 is 15.9 Å². The number of aromatic nitrogens is 1. The van der Waals surface area contributed by atoms with E-state index >= 15 is 0 Å². The molecular formula is C14H10BrFN2O2. The zero-order valence-corrected chi connectivity index (χ0v) is 11.9. The van der Waals surface area contributed by atoms with Crippen LogP contribution in [0.3, 0.4) is 0 Å². The fraction of sp³-hybridized carbons (Fsp3) is 0.0714. The van der Waals surface area contributed by atoms with E-state index in [1.807, 2.05) is 0 Å². The van der Waals surface area contributed by atoms with E-state index in [2.05, 4.69) is 20.9 Å². The molecule has 3 rings (SSSR count). The Balaban J connectivity index is 1.77. The number of hydrogen-bond acceptors (Lipinski definition) is 4. The molecule has 0 amide bonds. The van der Waals surface area contributed by atoms with Gasteiger partial charge in [-0.2, -0.15) is 0 Å². The fourth-order valence-electron chi connectivity index (χ4n) is 1.76. The van der Waals surface area contributed by atoms with E-state index in [9.17, 15) is 4.39 Å². The average molecular weight is 337 g/mol. The van der Waals surface area contributed by atoms with Crippen LogP contribution in [-0.4, -0.2) is 4.98 Å². The van der Waals surface area contributed by atoms with Crippen molar-refractivity contribution < 1.29 is 13.5 Å². The van der Waals surface area contributed by atoms with Crippen molar-refractivity contribution >= 4 is 32.7 Å². The first-order valence-electron chi connectivity index (χ1n) is 5.84. The number of anilines is 1. The third kappa shape index (κ3) is 2.60. The van der Waals surface area contributed by atoms with Crippen LogP contribution in [0.25, 0.3) is 11.1 Å². The van der Waals surface area contributed by atoms with Gasteiger partial charge in [-0.05, 0) is 40.2 Å². The molecule has 1 heterocycles. The van der Waals surface area contributed by atoms with E-state index in [4.69, 9.17) is 14.9 Å². The normalized spacial score (nSPS) is 10.9. The van der Waals surface area contributed by atoms with E-state index in [0.717, 1.165) is 0 Å². The van der Waals surface area contributed by atoms with Crippen molar-refractivity contribution in [2.24, 2.45) is 0 Å². The molecule has 0 aliphatic rings. The quantitative estimate of drug-likeness (QED) is 0.737. The van der Waals surface area contributed by atoms with Gasteiger partial charge in [0.25, 0.3) is 0 Å². The maximum absolute atomic E-state index is 13.3. The Morgan fingerprint density at radius 3 is 2.90 bits per heavy atom. The van der Waals surface area contributed by atoms with Gasteiger partial charge >= 0.3 is 0 Å². The Kier molecular flexibility index (Phi) is 3.31. The van der Waals surface area contributed by atoms with E-state index in [0.29, 0.717) is 32.9 Å². The highest BCUT2D eigenvalue weighted by Crippen LogP contribution is 2.23. The summed E-state index contributed by atoms with van der Waals surface area (Å²) in [6.45, 7) is 0.121. The fourth-order valence-corrected chi connectivity index (χ4v) is 2.01. The number of benzene rings is 2. The predicted octanol–water partition coefficient (Wildman–Crippen LogP) is 3.89. The molecule has 0 spiro atoms. The third-order valence-electron chi connectivity index (χ3n) is 2.71. The number of nitrogen functional groups attached to an aromatic ring is 1. The highest BCUT2D eigenvalue weighted by Gasteiger charge is 2.08. The molecule has 102 valence electrons. The number of nitrogens with two attached hydrogens (primary N) is 1. The number of nitrogens with zero attached hydrogens (tertiary/aromatic N) is 1. The summed E-state index contributed by atoms with van der Waals surface area (Å²) in [6, 6.07) is 9.76. The van der Waals surface area contributed by atoms with Crippen molar-refractivity contribution in [2.75, 3.05) is 5.73 Å². The minimum atomic E-state index is -0.382. The summed E-state index contributed by atoms with van der Waals surface area (Å²) in [7, 11) is 0. The van der Waals surface area contributed by atoms with E-state index in [1.165, 1.54) is 6.07 Å². The summed E-state index contributed by atoms with van der Waals surface area (Å²) in [4.78, 5) is 4.26. The molecule has 20 heavy (non-hydrogen) atoms. The van der Waals surface area contributed by atoms with Crippen molar-refractivity contribution in [3.63, 3.8) is 0 Å². The molecule has 2 aromatic carbocycles. The summed E-state index contributed by atoms with van der Waals surface area (Å²) < 4.78 is 24.7. The third-order valence-corrected chi connectivity index (χ3v) is 3.35. The molecule has 1 aromatic heterocycles. The van der Waals surface area contributed by atoms with Crippen molar-refractivity contribution in [3.05, 3.63) is 52.6 Å². The molecule has 0 radical (unpaired) electrons. The molecule has 4 nitrogen and oxygen atoms in total. The van der Waals surface area contributed by atoms with Gasteiger partial charge in [0, 0.05) is 17.8 Å². The maximum atomic E-state index is 13.3. The van der Waals surface area contributed by atoms with Crippen molar-refractivity contribution in [3.8, 4) is 5.75 Å². The van der Waals surface area contributed by atoms with Gasteiger partial charge in [-0.15, -0.1) is 0 Å². The number of oxazole rings is 1. The molecule has 2 N–H and O–H groups in total. The van der Waals surface area contributed by atoms with Crippen LogP contribution < -0.4 is 10.5 Å². The van der Waals surface area contributed by atoms with Gasteiger partial charge in [-0.25, -0.2) is 9.37 Å². The lowest BCUT2D eigenvalue weighted by Gasteiger charge is -2.03. The molecule has 6 heteroatoms. The van der Waals surface area contributed by atoms with Crippen molar-refractivity contribution in [1.82, 2.24) is 4.98 Å². The van der Waals surface area contributed by atoms with Crippen LogP contribution in [0.4, 0.5) is 10.1 Å². The zero-order valence-electron chi connectivity index (χ0n) is 10.3. The van der Waals surface area contributed by atoms with Gasteiger partial charge in [0.2, 0.25) is 5.89 Å². The van der Waals surface area contributed by atoms with Crippen LogP contribution in [0.15, 0.2) is 45.3 Å². The molecule has 0 unspecified atom stereocenters. The molecule has 0 saturated heterocycles. The second-order valence-corrected chi connectivity index (χ2v) is 5.05. The highest BCUT2D eigenvalue weighted by molar-refractivity contribution is 9.10. The van der Waals surface area contributed by atoms with Gasteiger partial charge in [-0.3, -0.25) is 0 Å². The van der Waals surface area contributed by atoms with Crippen LogP contribution in [0.1, 0.15) is 5.89 Å². The van der Waals surface area contributed by atoms with Crippen LogP contribution in [0.5, 0.6) is 5.75 Å². The first-order chi connectivity index (χ1) is 9.61.